The molecule has 114 valence electrons. The second kappa shape index (κ2) is 6.21. The Kier molecular flexibility index (Phi) is 4.79. The summed E-state index contributed by atoms with van der Waals surface area (Å²) in [5.74, 6) is 0. The molecule has 8 heteroatoms. The van der Waals surface area contributed by atoms with E-state index in [0.29, 0.717) is 17.8 Å². The Morgan fingerprint density at radius 2 is 2.30 bits per heavy atom. The average molecular weight is 302 g/mol. The Balaban J connectivity index is 2.14. The van der Waals surface area contributed by atoms with Crippen molar-refractivity contribution in [3.63, 3.8) is 0 Å². The van der Waals surface area contributed by atoms with E-state index in [4.69, 9.17) is 0 Å². The van der Waals surface area contributed by atoms with E-state index in [2.05, 4.69) is 26.7 Å². The molecule has 7 nitrogen and oxygen atoms in total. The van der Waals surface area contributed by atoms with Gasteiger partial charge in [0.05, 0.1) is 6.61 Å². The summed E-state index contributed by atoms with van der Waals surface area (Å²) in [6, 6.07) is -0.0998. The van der Waals surface area contributed by atoms with E-state index in [9.17, 15) is 13.5 Å². The number of rotatable bonds is 5. The van der Waals surface area contributed by atoms with E-state index in [1.165, 1.54) is 0 Å². The van der Waals surface area contributed by atoms with Crippen LogP contribution in [0.25, 0.3) is 0 Å². The van der Waals surface area contributed by atoms with Gasteiger partial charge in [-0.15, -0.1) is 0 Å². The molecule has 0 saturated carbocycles. The molecule has 2 heterocycles. The van der Waals surface area contributed by atoms with Crippen LogP contribution in [0.2, 0.25) is 0 Å². The fourth-order valence-corrected chi connectivity index (χ4v) is 4.00. The molecule has 0 aromatic carbocycles. The number of nitrogens with one attached hydrogen (secondary N) is 2. The maximum Gasteiger partial charge on any atom is 0.260 e. The van der Waals surface area contributed by atoms with Crippen LogP contribution < -0.4 is 4.72 Å². The van der Waals surface area contributed by atoms with Crippen molar-refractivity contribution in [3.05, 3.63) is 11.3 Å². The van der Waals surface area contributed by atoms with Crippen LogP contribution in [0.1, 0.15) is 31.0 Å². The van der Waals surface area contributed by atoms with Gasteiger partial charge in [-0.2, -0.15) is 5.10 Å². The topological polar surface area (TPSA) is 98.3 Å². The SMILES string of the molecule is CCN1CCCC(NS(=O)(=O)c2n[nH]c(C)c2CO)C1. The van der Waals surface area contributed by atoms with Crippen LogP contribution in [0.3, 0.4) is 0 Å². The summed E-state index contributed by atoms with van der Waals surface area (Å²) in [4.78, 5) is 2.22. The van der Waals surface area contributed by atoms with Gasteiger partial charge < -0.3 is 10.0 Å². The van der Waals surface area contributed by atoms with Crippen molar-refractivity contribution in [1.29, 1.82) is 0 Å². The molecule has 1 aromatic rings. The summed E-state index contributed by atoms with van der Waals surface area (Å²) >= 11 is 0. The Morgan fingerprint density at radius 3 is 2.95 bits per heavy atom. The lowest BCUT2D eigenvalue weighted by atomic mass is 10.1. The number of aromatic amines is 1. The number of nitrogens with zero attached hydrogens (tertiary/aromatic N) is 2. The Bertz CT molecular complexity index is 555. The molecule has 0 radical (unpaired) electrons. The molecule has 1 aliphatic rings. The van der Waals surface area contributed by atoms with Crippen molar-refractivity contribution in [2.45, 2.75) is 44.4 Å². The van der Waals surface area contributed by atoms with Crippen LogP contribution in [0.15, 0.2) is 5.03 Å². The molecule has 0 amide bonds. The third-order valence-corrected chi connectivity index (χ3v) is 5.21. The molecule has 3 N–H and O–H groups in total. The van der Waals surface area contributed by atoms with E-state index >= 15 is 0 Å². The fourth-order valence-electron chi connectivity index (χ4n) is 2.55. The lowest BCUT2D eigenvalue weighted by Crippen LogP contribution is -2.47. The molecule has 1 saturated heterocycles. The maximum absolute atomic E-state index is 12.4. The molecule has 20 heavy (non-hydrogen) atoms. The third-order valence-electron chi connectivity index (χ3n) is 3.72. The lowest BCUT2D eigenvalue weighted by Gasteiger charge is -2.31. The highest BCUT2D eigenvalue weighted by Crippen LogP contribution is 2.18. The Labute approximate surface area is 119 Å². The minimum Gasteiger partial charge on any atom is -0.392 e. The number of aromatic nitrogens is 2. The van der Waals surface area contributed by atoms with Crippen LogP contribution in [0.4, 0.5) is 0 Å². The van der Waals surface area contributed by atoms with Crippen LogP contribution in [0, 0.1) is 6.92 Å². The Hall–Kier alpha value is -0.960. The monoisotopic (exact) mass is 302 g/mol. The smallest absolute Gasteiger partial charge is 0.260 e. The zero-order valence-electron chi connectivity index (χ0n) is 11.9. The van der Waals surface area contributed by atoms with Crippen molar-refractivity contribution in [2.24, 2.45) is 0 Å². The molecular formula is C12H22N4O3S. The Morgan fingerprint density at radius 1 is 1.55 bits per heavy atom. The molecule has 0 bridgehead atoms. The second-order valence-corrected chi connectivity index (χ2v) is 6.77. The van der Waals surface area contributed by atoms with Crippen molar-refractivity contribution >= 4 is 10.0 Å². The van der Waals surface area contributed by atoms with Gasteiger partial charge in [0.1, 0.15) is 0 Å². The predicted octanol–water partition coefficient (Wildman–Crippen LogP) is -0.0270. The molecule has 1 unspecified atom stereocenters. The van der Waals surface area contributed by atoms with Crippen LogP contribution in [0.5, 0.6) is 0 Å². The van der Waals surface area contributed by atoms with Gasteiger partial charge in [-0.1, -0.05) is 6.92 Å². The zero-order valence-corrected chi connectivity index (χ0v) is 12.7. The summed E-state index contributed by atoms with van der Waals surface area (Å²) in [6.07, 6.45) is 1.81. The van der Waals surface area contributed by atoms with Crippen molar-refractivity contribution < 1.29 is 13.5 Å². The summed E-state index contributed by atoms with van der Waals surface area (Å²) in [5.41, 5.74) is 0.910. The quantitative estimate of drug-likeness (QED) is 0.709. The predicted molar refractivity (Wildman–Crippen MR) is 74.7 cm³/mol. The average Bonchev–Trinajstić information content (AvgIpc) is 2.80. The molecule has 1 aromatic heterocycles. The van der Waals surface area contributed by atoms with E-state index in [1.807, 2.05) is 0 Å². The number of likely N-dealkylation sites (N-methyl/N-ethyl adjacent to an activating group) is 1. The first-order valence-electron chi connectivity index (χ1n) is 6.87. The highest BCUT2D eigenvalue weighted by molar-refractivity contribution is 7.89. The number of hydrogen-bond acceptors (Lipinski definition) is 5. The number of H-pyrrole nitrogens is 1. The first kappa shape index (κ1) is 15.4. The van der Waals surface area contributed by atoms with Gasteiger partial charge in [-0.3, -0.25) is 5.10 Å². The number of sulfonamides is 1. The van der Waals surface area contributed by atoms with Crippen LogP contribution >= 0.6 is 0 Å². The van der Waals surface area contributed by atoms with Crippen molar-refractivity contribution in [3.8, 4) is 0 Å². The van der Waals surface area contributed by atoms with E-state index in [1.54, 1.807) is 6.92 Å². The molecule has 1 fully saturated rings. The number of aliphatic hydroxyl groups is 1. The van der Waals surface area contributed by atoms with Crippen LogP contribution in [-0.4, -0.2) is 54.3 Å². The summed E-state index contributed by atoms with van der Waals surface area (Å²) in [6.45, 7) is 6.06. The molecular weight excluding hydrogens is 280 g/mol. The van der Waals surface area contributed by atoms with Crippen LogP contribution in [-0.2, 0) is 16.6 Å². The van der Waals surface area contributed by atoms with E-state index in [-0.39, 0.29) is 17.7 Å². The summed E-state index contributed by atoms with van der Waals surface area (Å²) in [7, 11) is -3.69. The van der Waals surface area contributed by atoms with Gasteiger partial charge in [0.25, 0.3) is 10.0 Å². The van der Waals surface area contributed by atoms with Crippen molar-refractivity contribution in [2.75, 3.05) is 19.6 Å². The normalized spacial score (nSPS) is 21.2. The number of likely N-dealkylation sites (tertiary alicyclic amines) is 1. The first-order valence-corrected chi connectivity index (χ1v) is 8.35. The highest BCUT2D eigenvalue weighted by Gasteiger charge is 2.28. The van der Waals surface area contributed by atoms with Gasteiger partial charge in [-0.25, -0.2) is 13.1 Å². The zero-order chi connectivity index (χ0) is 14.8. The van der Waals surface area contributed by atoms with E-state index in [0.717, 1.165) is 25.9 Å². The van der Waals surface area contributed by atoms with Gasteiger partial charge in [0.2, 0.25) is 0 Å². The van der Waals surface area contributed by atoms with Gasteiger partial charge in [-0.05, 0) is 32.9 Å². The second-order valence-electron chi connectivity index (χ2n) is 5.14. The minimum atomic E-state index is -3.69. The molecule has 2 rings (SSSR count). The third kappa shape index (κ3) is 3.20. The molecule has 0 spiro atoms. The molecule has 1 aliphatic heterocycles. The summed E-state index contributed by atoms with van der Waals surface area (Å²) < 4.78 is 27.4. The minimum absolute atomic E-state index is 0.0916. The summed E-state index contributed by atoms with van der Waals surface area (Å²) in [5, 5.41) is 15.6. The van der Waals surface area contributed by atoms with E-state index < -0.39 is 10.0 Å². The van der Waals surface area contributed by atoms with Crippen molar-refractivity contribution in [1.82, 2.24) is 19.8 Å². The van der Waals surface area contributed by atoms with Gasteiger partial charge in [0, 0.05) is 23.8 Å². The lowest BCUT2D eigenvalue weighted by molar-refractivity contribution is 0.211. The van der Waals surface area contributed by atoms with Gasteiger partial charge in [0.15, 0.2) is 5.03 Å². The highest BCUT2D eigenvalue weighted by atomic mass is 32.2. The largest absolute Gasteiger partial charge is 0.392 e. The maximum atomic E-state index is 12.4. The number of hydrogen-bond donors (Lipinski definition) is 3. The molecule has 1 atom stereocenters. The standard InChI is InChI=1S/C12H22N4O3S/c1-3-16-6-4-5-10(7-16)15-20(18,19)12-11(8-17)9(2)13-14-12/h10,15,17H,3-8H2,1-2H3,(H,13,14). The number of aliphatic hydroxyl groups excluding tert-OH is 1. The molecule has 0 aliphatic carbocycles. The number of piperidine rings is 1. The first-order chi connectivity index (χ1) is 9.47. The number of aryl methyl sites for hydroxylation is 1. The van der Waals surface area contributed by atoms with Gasteiger partial charge >= 0.3 is 0 Å². The fraction of sp³-hybridized carbons (Fsp3) is 0.750.